The number of rotatable bonds is 3. The van der Waals surface area contributed by atoms with Crippen LogP contribution in [0.15, 0.2) is 4.52 Å². The Morgan fingerprint density at radius 2 is 2.25 bits per heavy atom. The van der Waals surface area contributed by atoms with Gasteiger partial charge in [0, 0.05) is 18.0 Å². The monoisotopic (exact) mass is 223 g/mol. The number of nitrogens with zero attached hydrogens (tertiary/aromatic N) is 2. The highest BCUT2D eigenvalue weighted by atomic mass is 16.5. The molecular weight excluding hydrogens is 202 g/mol. The molecule has 2 N–H and O–H groups in total. The zero-order valence-electron chi connectivity index (χ0n) is 10.4. The van der Waals surface area contributed by atoms with Crippen molar-refractivity contribution >= 4 is 0 Å². The van der Waals surface area contributed by atoms with Gasteiger partial charge in [0.1, 0.15) is 5.76 Å². The third-order valence-electron chi connectivity index (χ3n) is 3.55. The first-order valence-corrected chi connectivity index (χ1v) is 5.95. The molecule has 1 aromatic heterocycles. The number of nitrogens with two attached hydrogens (primary N) is 1. The zero-order chi connectivity index (χ0) is 11.7. The highest BCUT2D eigenvalue weighted by molar-refractivity contribution is 5.29. The lowest BCUT2D eigenvalue weighted by atomic mass is 9.81. The van der Waals surface area contributed by atoms with Crippen LogP contribution in [0.5, 0.6) is 0 Å². The van der Waals surface area contributed by atoms with Gasteiger partial charge >= 0.3 is 0 Å². The van der Waals surface area contributed by atoms with E-state index in [2.05, 4.69) is 24.2 Å². The van der Waals surface area contributed by atoms with Crippen LogP contribution in [-0.2, 0) is 6.42 Å². The van der Waals surface area contributed by atoms with Crippen molar-refractivity contribution in [3.63, 3.8) is 0 Å². The van der Waals surface area contributed by atoms with Crippen LogP contribution in [0.3, 0.4) is 0 Å². The van der Waals surface area contributed by atoms with Crippen molar-refractivity contribution in [3.8, 4) is 0 Å². The number of aryl methyl sites for hydroxylation is 1. The highest BCUT2D eigenvalue weighted by Gasteiger charge is 2.32. The summed E-state index contributed by atoms with van der Waals surface area (Å²) < 4.78 is 5.43. The molecule has 0 spiro atoms. The Kier molecular flexibility index (Phi) is 3.30. The Labute approximate surface area is 96.8 Å². The molecule has 0 bridgehead atoms. The highest BCUT2D eigenvalue weighted by Crippen LogP contribution is 2.38. The average Bonchev–Trinajstić information content (AvgIpc) is 2.60. The Bertz CT molecular complexity index is 359. The molecule has 16 heavy (non-hydrogen) atoms. The predicted octanol–water partition coefficient (Wildman–Crippen LogP) is 1.50. The van der Waals surface area contributed by atoms with E-state index >= 15 is 0 Å². The largest absolute Gasteiger partial charge is 0.361 e. The molecule has 2 rings (SSSR count). The summed E-state index contributed by atoms with van der Waals surface area (Å²) in [6, 6.07) is 0.437. The smallest absolute Gasteiger partial charge is 0.142 e. The Morgan fingerprint density at radius 3 is 2.88 bits per heavy atom. The van der Waals surface area contributed by atoms with Crippen LogP contribution < -0.4 is 5.73 Å². The topological polar surface area (TPSA) is 55.3 Å². The van der Waals surface area contributed by atoms with Gasteiger partial charge < -0.3 is 15.2 Å². The van der Waals surface area contributed by atoms with Crippen molar-refractivity contribution in [2.24, 2.45) is 11.7 Å². The van der Waals surface area contributed by atoms with E-state index in [9.17, 15) is 0 Å². The lowest BCUT2D eigenvalue weighted by molar-refractivity contribution is 0.210. The Hall–Kier alpha value is -0.870. The Balaban J connectivity index is 2.28. The van der Waals surface area contributed by atoms with Gasteiger partial charge in [-0.3, -0.25) is 0 Å². The molecule has 2 atom stereocenters. The van der Waals surface area contributed by atoms with Gasteiger partial charge in [-0.05, 0) is 46.3 Å². The first kappa shape index (κ1) is 11.6. The molecule has 0 fully saturated rings. The van der Waals surface area contributed by atoms with E-state index in [0.29, 0.717) is 12.0 Å². The number of fused-ring (bicyclic) bond motifs is 1. The van der Waals surface area contributed by atoms with Crippen LogP contribution in [0.25, 0.3) is 0 Å². The first-order valence-electron chi connectivity index (χ1n) is 5.95. The summed E-state index contributed by atoms with van der Waals surface area (Å²) in [7, 11) is 4.23. The zero-order valence-corrected chi connectivity index (χ0v) is 10.4. The van der Waals surface area contributed by atoms with E-state index in [0.717, 1.165) is 30.8 Å². The maximum atomic E-state index is 5.65. The van der Waals surface area contributed by atoms with Crippen LogP contribution >= 0.6 is 0 Å². The quantitative estimate of drug-likeness (QED) is 0.843. The third-order valence-corrected chi connectivity index (χ3v) is 3.55. The molecule has 0 saturated carbocycles. The second-order valence-electron chi connectivity index (χ2n) is 4.97. The standard InChI is InChI=1S/C12H21N3O/c1-8-12-10(15(2)3)6-9(4-5-13)7-11(12)16-14-8/h9-10H,4-7,13H2,1-3H3. The summed E-state index contributed by atoms with van der Waals surface area (Å²) in [4.78, 5) is 2.26. The molecule has 1 aromatic rings. The van der Waals surface area contributed by atoms with Crippen molar-refractivity contribution < 1.29 is 4.52 Å². The van der Waals surface area contributed by atoms with Crippen LogP contribution in [0, 0.1) is 12.8 Å². The molecule has 0 aromatic carbocycles. The van der Waals surface area contributed by atoms with Crippen molar-refractivity contribution in [3.05, 3.63) is 17.0 Å². The molecular formula is C12H21N3O. The van der Waals surface area contributed by atoms with Gasteiger partial charge in [0.2, 0.25) is 0 Å². The van der Waals surface area contributed by atoms with E-state index in [4.69, 9.17) is 10.3 Å². The van der Waals surface area contributed by atoms with Gasteiger partial charge in [0.15, 0.2) is 0 Å². The number of hydrogen-bond acceptors (Lipinski definition) is 4. The van der Waals surface area contributed by atoms with Crippen molar-refractivity contribution in [2.75, 3.05) is 20.6 Å². The van der Waals surface area contributed by atoms with Crippen molar-refractivity contribution in [1.82, 2.24) is 10.1 Å². The normalized spacial score (nSPS) is 24.8. The Morgan fingerprint density at radius 1 is 1.50 bits per heavy atom. The molecule has 1 heterocycles. The molecule has 0 amide bonds. The van der Waals surface area contributed by atoms with Crippen LogP contribution in [0.2, 0.25) is 0 Å². The molecule has 0 radical (unpaired) electrons. The average molecular weight is 223 g/mol. The lowest BCUT2D eigenvalue weighted by Gasteiger charge is -2.32. The lowest BCUT2D eigenvalue weighted by Crippen LogP contribution is -2.29. The number of aromatic nitrogens is 1. The minimum Gasteiger partial charge on any atom is -0.361 e. The van der Waals surface area contributed by atoms with Gasteiger partial charge in [-0.15, -0.1) is 0 Å². The van der Waals surface area contributed by atoms with Crippen molar-refractivity contribution in [2.45, 2.75) is 32.2 Å². The van der Waals surface area contributed by atoms with Crippen LogP contribution in [0.4, 0.5) is 0 Å². The van der Waals surface area contributed by atoms with E-state index in [-0.39, 0.29) is 0 Å². The van der Waals surface area contributed by atoms with Crippen molar-refractivity contribution in [1.29, 1.82) is 0 Å². The van der Waals surface area contributed by atoms with Gasteiger partial charge in [-0.2, -0.15) is 0 Å². The molecule has 1 aliphatic carbocycles. The fraction of sp³-hybridized carbons (Fsp3) is 0.750. The maximum absolute atomic E-state index is 5.65. The maximum Gasteiger partial charge on any atom is 0.142 e. The van der Waals surface area contributed by atoms with Crippen LogP contribution in [0.1, 0.15) is 35.9 Å². The minimum atomic E-state index is 0.437. The summed E-state index contributed by atoms with van der Waals surface area (Å²) in [5.41, 5.74) is 7.99. The van der Waals surface area contributed by atoms with E-state index in [1.54, 1.807) is 0 Å². The summed E-state index contributed by atoms with van der Waals surface area (Å²) in [5, 5.41) is 4.09. The molecule has 0 aliphatic heterocycles. The molecule has 90 valence electrons. The first-order chi connectivity index (χ1) is 7.63. The summed E-state index contributed by atoms with van der Waals surface area (Å²) in [6.07, 6.45) is 3.24. The molecule has 4 heteroatoms. The molecule has 0 saturated heterocycles. The second kappa shape index (κ2) is 4.55. The fourth-order valence-electron chi connectivity index (χ4n) is 2.70. The van der Waals surface area contributed by atoms with Gasteiger partial charge in [0.05, 0.1) is 5.69 Å². The van der Waals surface area contributed by atoms with Gasteiger partial charge in [-0.1, -0.05) is 5.16 Å². The third kappa shape index (κ3) is 1.99. The molecule has 2 unspecified atom stereocenters. The summed E-state index contributed by atoms with van der Waals surface area (Å²) >= 11 is 0. The molecule has 4 nitrogen and oxygen atoms in total. The fourth-order valence-corrected chi connectivity index (χ4v) is 2.70. The van der Waals surface area contributed by atoms with Crippen LogP contribution in [-0.4, -0.2) is 30.7 Å². The SMILES string of the molecule is Cc1noc2c1C(N(C)C)CC(CCN)C2. The van der Waals surface area contributed by atoms with E-state index in [1.807, 2.05) is 6.92 Å². The van der Waals surface area contributed by atoms with Gasteiger partial charge in [-0.25, -0.2) is 0 Å². The number of hydrogen-bond donors (Lipinski definition) is 1. The van der Waals surface area contributed by atoms with Gasteiger partial charge in [0.25, 0.3) is 0 Å². The summed E-state index contributed by atoms with van der Waals surface area (Å²) in [6.45, 7) is 2.79. The summed E-state index contributed by atoms with van der Waals surface area (Å²) in [5.74, 6) is 1.71. The minimum absolute atomic E-state index is 0.437. The molecule has 1 aliphatic rings. The van der Waals surface area contributed by atoms with E-state index < -0.39 is 0 Å². The predicted molar refractivity (Wildman–Crippen MR) is 63.2 cm³/mol. The van der Waals surface area contributed by atoms with E-state index in [1.165, 1.54) is 12.0 Å². The second-order valence-corrected chi connectivity index (χ2v) is 4.97.